The van der Waals surface area contributed by atoms with Crippen LogP contribution in [0.5, 0.6) is 0 Å². The van der Waals surface area contributed by atoms with E-state index in [4.69, 9.17) is 0 Å². The molecule has 0 saturated carbocycles. The molecule has 14 heavy (non-hydrogen) atoms. The third-order valence-electron chi connectivity index (χ3n) is 3.16. The van der Waals surface area contributed by atoms with Crippen LogP contribution in [0.25, 0.3) is 0 Å². The van der Waals surface area contributed by atoms with E-state index in [1.54, 1.807) is 12.1 Å². The SMILES string of the molecule is C[N+]1(Cc2ccccc2F)CCCC1. The lowest BCUT2D eigenvalue weighted by atomic mass is 10.2. The summed E-state index contributed by atoms with van der Waals surface area (Å²) in [5.74, 6) is -0.0567. The molecule has 1 saturated heterocycles. The van der Waals surface area contributed by atoms with Crippen LogP contribution < -0.4 is 0 Å². The van der Waals surface area contributed by atoms with Crippen LogP contribution in [0.4, 0.5) is 4.39 Å². The molecule has 0 spiro atoms. The summed E-state index contributed by atoms with van der Waals surface area (Å²) < 4.78 is 14.4. The van der Waals surface area contributed by atoms with Crippen LogP contribution in [0.1, 0.15) is 18.4 Å². The van der Waals surface area contributed by atoms with E-state index in [1.165, 1.54) is 25.9 Å². The lowest BCUT2D eigenvalue weighted by molar-refractivity contribution is -0.911. The zero-order valence-corrected chi connectivity index (χ0v) is 8.67. The maximum absolute atomic E-state index is 13.4. The molecule has 0 unspecified atom stereocenters. The normalized spacial score (nSPS) is 19.9. The molecular formula is C12H17FN+. The smallest absolute Gasteiger partial charge is 0.132 e. The van der Waals surface area contributed by atoms with Gasteiger partial charge in [0.25, 0.3) is 0 Å². The van der Waals surface area contributed by atoms with E-state index in [9.17, 15) is 4.39 Å². The molecule has 0 atom stereocenters. The van der Waals surface area contributed by atoms with E-state index < -0.39 is 0 Å². The van der Waals surface area contributed by atoms with Crippen LogP contribution in [-0.2, 0) is 6.54 Å². The van der Waals surface area contributed by atoms with Crippen molar-refractivity contribution in [3.63, 3.8) is 0 Å². The largest absolute Gasteiger partial charge is 0.322 e. The van der Waals surface area contributed by atoms with Crippen molar-refractivity contribution in [3.05, 3.63) is 35.6 Å². The van der Waals surface area contributed by atoms with Crippen molar-refractivity contribution in [2.75, 3.05) is 20.1 Å². The molecule has 76 valence electrons. The minimum Gasteiger partial charge on any atom is -0.322 e. The Morgan fingerprint density at radius 3 is 2.50 bits per heavy atom. The monoisotopic (exact) mass is 194 g/mol. The summed E-state index contributed by atoms with van der Waals surface area (Å²) in [5, 5.41) is 0. The van der Waals surface area contributed by atoms with Gasteiger partial charge in [-0.3, -0.25) is 0 Å². The van der Waals surface area contributed by atoms with Gasteiger partial charge < -0.3 is 4.48 Å². The Balaban J connectivity index is 2.14. The second kappa shape index (κ2) is 3.70. The van der Waals surface area contributed by atoms with E-state index in [0.29, 0.717) is 0 Å². The van der Waals surface area contributed by atoms with Crippen molar-refractivity contribution in [2.45, 2.75) is 19.4 Å². The summed E-state index contributed by atoms with van der Waals surface area (Å²) in [6, 6.07) is 7.12. The van der Waals surface area contributed by atoms with Crippen molar-refractivity contribution in [3.8, 4) is 0 Å². The van der Waals surface area contributed by atoms with Crippen LogP contribution in [-0.4, -0.2) is 24.6 Å². The number of likely N-dealkylation sites (tertiary alicyclic amines) is 1. The molecule has 0 amide bonds. The maximum Gasteiger partial charge on any atom is 0.132 e. The van der Waals surface area contributed by atoms with Gasteiger partial charge in [0.2, 0.25) is 0 Å². The molecule has 1 aromatic rings. The molecule has 1 nitrogen and oxygen atoms in total. The number of halogens is 1. The zero-order chi connectivity index (χ0) is 10.0. The molecule has 0 aromatic heterocycles. The summed E-state index contributed by atoms with van der Waals surface area (Å²) in [6.07, 6.45) is 2.57. The molecule has 0 N–H and O–H groups in total. The molecule has 1 heterocycles. The first-order chi connectivity index (χ1) is 6.70. The first-order valence-corrected chi connectivity index (χ1v) is 5.27. The van der Waals surface area contributed by atoms with Gasteiger partial charge in [-0.25, -0.2) is 4.39 Å². The number of rotatable bonds is 2. The summed E-state index contributed by atoms with van der Waals surface area (Å²) in [4.78, 5) is 0. The zero-order valence-electron chi connectivity index (χ0n) is 8.67. The average Bonchev–Trinajstić information content (AvgIpc) is 2.57. The Labute approximate surface area is 84.8 Å². The topological polar surface area (TPSA) is 0 Å². The summed E-state index contributed by atoms with van der Waals surface area (Å²) in [6.45, 7) is 3.22. The Morgan fingerprint density at radius 1 is 1.21 bits per heavy atom. The minimum atomic E-state index is -0.0567. The predicted octanol–water partition coefficient (Wildman–Crippen LogP) is 2.57. The molecular weight excluding hydrogens is 177 g/mol. The summed E-state index contributed by atoms with van der Waals surface area (Å²) >= 11 is 0. The van der Waals surface area contributed by atoms with Crippen LogP contribution in [0.2, 0.25) is 0 Å². The van der Waals surface area contributed by atoms with Gasteiger partial charge in [-0.05, 0) is 6.07 Å². The number of hydrogen-bond donors (Lipinski definition) is 0. The first kappa shape index (κ1) is 9.66. The number of quaternary nitrogens is 1. The number of nitrogens with zero attached hydrogens (tertiary/aromatic N) is 1. The molecule has 2 rings (SSSR count). The van der Waals surface area contributed by atoms with Gasteiger partial charge in [0.15, 0.2) is 0 Å². The quantitative estimate of drug-likeness (QED) is 0.635. The standard InChI is InChI=1S/C12H17FN/c1-14(8-4-5-9-14)10-11-6-2-3-7-12(11)13/h2-3,6-7H,4-5,8-10H2,1H3/q+1. The molecule has 0 bridgehead atoms. The van der Waals surface area contributed by atoms with E-state index in [1.807, 2.05) is 12.1 Å². The van der Waals surface area contributed by atoms with Crippen LogP contribution in [0.3, 0.4) is 0 Å². The Morgan fingerprint density at radius 2 is 1.86 bits per heavy atom. The van der Waals surface area contributed by atoms with Crippen molar-refractivity contribution < 1.29 is 8.87 Å². The summed E-state index contributed by atoms with van der Waals surface area (Å²) in [5.41, 5.74) is 0.858. The fraction of sp³-hybridized carbons (Fsp3) is 0.500. The molecule has 0 radical (unpaired) electrons. The highest BCUT2D eigenvalue weighted by atomic mass is 19.1. The lowest BCUT2D eigenvalue weighted by Crippen LogP contribution is -2.40. The van der Waals surface area contributed by atoms with Gasteiger partial charge in [0.1, 0.15) is 12.4 Å². The van der Waals surface area contributed by atoms with Crippen molar-refractivity contribution in [2.24, 2.45) is 0 Å². The van der Waals surface area contributed by atoms with Gasteiger partial charge in [0, 0.05) is 18.4 Å². The van der Waals surface area contributed by atoms with Gasteiger partial charge in [0.05, 0.1) is 20.1 Å². The highest BCUT2D eigenvalue weighted by Gasteiger charge is 2.27. The molecule has 1 aliphatic heterocycles. The lowest BCUT2D eigenvalue weighted by Gasteiger charge is -2.29. The number of hydrogen-bond acceptors (Lipinski definition) is 0. The average molecular weight is 194 g/mol. The van der Waals surface area contributed by atoms with Crippen molar-refractivity contribution in [1.82, 2.24) is 0 Å². The van der Waals surface area contributed by atoms with Crippen molar-refractivity contribution >= 4 is 0 Å². The second-order valence-corrected chi connectivity index (χ2v) is 4.52. The van der Waals surface area contributed by atoms with E-state index in [-0.39, 0.29) is 5.82 Å². The Kier molecular flexibility index (Phi) is 2.55. The Bertz CT molecular complexity index is 316. The van der Waals surface area contributed by atoms with Gasteiger partial charge in [-0.15, -0.1) is 0 Å². The van der Waals surface area contributed by atoms with Gasteiger partial charge >= 0.3 is 0 Å². The third kappa shape index (κ3) is 1.95. The van der Waals surface area contributed by atoms with Crippen LogP contribution >= 0.6 is 0 Å². The van der Waals surface area contributed by atoms with Gasteiger partial charge in [-0.2, -0.15) is 0 Å². The molecule has 1 fully saturated rings. The third-order valence-corrected chi connectivity index (χ3v) is 3.16. The predicted molar refractivity (Wildman–Crippen MR) is 55.3 cm³/mol. The molecule has 1 aliphatic rings. The van der Waals surface area contributed by atoms with E-state index in [0.717, 1.165) is 16.6 Å². The van der Waals surface area contributed by atoms with E-state index in [2.05, 4.69) is 7.05 Å². The van der Waals surface area contributed by atoms with Gasteiger partial charge in [-0.1, -0.05) is 18.2 Å². The highest BCUT2D eigenvalue weighted by Crippen LogP contribution is 2.21. The second-order valence-electron chi connectivity index (χ2n) is 4.52. The Hall–Kier alpha value is -0.890. The molecule has 0 aliphatic carbocycles. The highest BCUT2D eigenvalue weighted by molar-refractivity contribution is 5.16. The van der Waals surface area contributed by atoms with Crippen molar-refractivity contribution in [1.29, 1.82) is 0 Å². The van der Waals surface area contributed by atoms with Crippen LogP contribution in [0.15, 0.2) is 24.3 Å². The maximum atomic E-state index is 13.4. The van der Waals surface area contributed by atoms with E-state index >= 15 is 0 Å². The summed E-state index contributed by atoms with van der Waals surface area (Å²) in [7, 11) is 2.22. The molecule has 2 heteroatoms. The number of benzene rings is 1. The molecule has 1 aromatic carbocycles. The minimum absolute atomic E-state index is 0.0567. The fourth-order valence-corrected chi connectivity index (χ4v) is 2.29. The fourth-order valence-electron chi connectivity index (χ4n) is 2.29. The van der Waals surface area contributed by atoms with Crippen LogP contribution in [0, 0.1) is 5.82 Å². The first-order valence-electron chi connectivity index (χ1n) is 5.27.